The van der Waals surface area contributed by atoms with Crippen molar-refractivity contribution < 1.29 is 9.90 Å². The van der Waals surface area contributed by atoms with Gasteiger partial charge in [-0.1, -0.05) is 37.4 Å². The van der Waals surface area contributed by atoms with Crippen LogP contribution in [0.2, 0.25) is 5.02 Å². The van der Waals surface area contributed by atoms with Gasteiger partial charge in [0.1, 0.15) is 0 Å². The summed E-state index contributed by atoms with van der Waals surface area (Å²) in [7, 11) is 0. The molecule has 0 radical (unpaired) electrons. The molecule has 0 aromatic heterocycles. The number of carboxylic acids is 1. The Bertz CT molecular complexity index is 498. The number of aliphatic carboxylic acids is 1. The first kappa shape index (κ1) is 17.6. The lowest BCUT2D eigenvalue weighted by Crippen LogP contribution is -2.32. The second-order valence-corrected chi connectivity index (χ2v) is 5.78. The van der Waals surface area contributed by atoms with Gasteiger partial charge in [-0.05, 0) is 44.0 Å². The first-order valence-electron chi connectivity index (χ1n) is 7.43. The molecule has 1 aromatic carbocycles. The topological polar surface area (TPSA) is 40.5 Å². The van der Waals surface area contributed by atoms with Gasteiger partial charge in [0, 0.05) is 18.7 Å². The smallest absolute Gasteiger partial charge is 0.328 e. The van der Waals surface area contributed by atoms with Crippen molar-refractivity contribution in [2.45, 2.75) is 46.1 Å². The van der Waals surface area contributed by atoms with E-state index in [1.54, 1.807) is 6.08 Å². The van der Waals surface area contributed by atoms with Crippen LogP contribution in [0.1, 0.15) is 45.6 Å². The summed E-state index contributed by atoms with van der Waals surface area (Å²) < 4.78 is 0. The van der Waals surface area contributed by atoms with E-state index in [0.717, 1.165) is 30.3 Å². The van der Waals surface area contributed by atoms with Crippen molar-refractivity contribution in [3.05, 3.63) is 34.9 Å². The highest BCUT2D eigenvalue weighted by molar-refractivity contribution is 6.33. The van der Waals surface area contributed by atoms with E-state index in [-0.39, 0.29) is 0 Å². The summed E-state index contributed by atoms with van der Waals surface area (Å²) >= 11 is 6.37. The van der Waals surface area contributed by atoms with Crippen LogP contribution < -0.4 is 4.90 Å². The van der Waals surface area contributed by atoms with Crippen molar-refractivity contribution in [2.75, 3.05) is 11.4 Å². The Hall–Kier alpha value is -1.48. The molecule has 1 aromatic rings. The van der Waals surface area contributed by atoms with E-state index in [9.17, 15) is 4.79 Å². The molecule has 1 rings (SSSR count). The third-order valence-electron chi connectivity index (χ3n) is 3.33. The SMILES string of the molecule is CCCCCN(c1ccc(/C=C/C(=O)O)cc1Cl)C(C)C. The van der Waals surface area contributed by atoms with Crippen LogP contribution in [0, 0.1) is 0 Å². The van der Waals surface area contributed by atoms with Crippen LogP contribution in [0.5, 0.6) is 0 Å². The maximum Gasteiger partial charge on any atom is 0.328 e. The van der Waals surface area contributed by atoms with Crippen molar-refractivity contribution in [3.8, 4) is 0 Å². The predicted octanol–water partition coefficient (Wildman–Crippen LogP) is 4.84. The zero-order chi connectivity index (χ0) is 15.8. The number of nitrogens with zero attached hydrogens (tertiary/aromatic N) is 1. The monoisotopic (exact) mass is 309 g/mol. The van der Waals surface area contributed by atoms with Crippen LogP contribution in [0.15, 0.2) is 24.3 Å². The number of rotatable bonds is 8. The maximum absolute atomic E-state index is 10.5. The van der Waals surface area contributed by atoms with Gasteiger partial charge < -0.3 is 10.0 Å². The summed E-state index contributed by atoms with van der Waals surface area (Å²) in [6, 6.07) is 6.05. The van der Waals surface area contributed by atoms with Crippen LogP contribution in [-0.4, -0.2) is 23.7 Å². The van der Waals surface area contributed by atoms with Crippen molar-refractivity contribution in [1.29, 1.82) is 0 Å². The Labute approximate surface area is 132 Å². The van der Waals surface area contributed by atoms with Gasteiger partial charge in [0.2, 0.25) is 0 Å². The number of halogens is 1. The minimum atomic E-state index is -0.960. The number of carbonyl (C=O) groups is 1. The molecule has 116 valence electrons. The predicted molar refractivity (Wildman–Crippen MR) is 90.1 cm³/mol. The molecule has 0 spiro atoms. The summed E-state index contributed by atoms with van der Waals surface area (Å²) in [5, 5.41) is 9.31. The first-order valence-corrected chi connectivity index (χ1v) is 7.80. The Morgan fingerprint density at radius 1 is 1.38 bits per heavy atom. The third kappa shape index (κ3) is 5.80. The van der Waals surface area contributed by atoms with E-state index in [0.29, 0.717) is 11.1 Å². The molecule has 0 saturated heterocycles. The van der Waals surface area contributed by atoms with Crippen LogP contribution >= 0.6 is 11.6 Å². The summed E-state index contributed by atoms with van der Waals surface area (Å²) in [6.45, 7) is 7.48. The molecule has 0 heterocycles. The summed E-state index contributed by atoms with van der Waals surface area (Å²) in [5.41, 5.74) is 1.80. The minimum absolute atomic E-state index is 0.375. The first-order chi connectivity index (χ1) is 9.95. The highest BCUT2D eigenvalue weighted by Gasteiger charge is 2.13. The summed E-state index contributed by atoms with van der Waals surface area (Å²) in [6.07, 6.45) is 6.21. The highest BCUT2D eigenvalue weighted by Crippen LogP contribution is 2.29. The van der Waals surface area contributed by atoms with E-state index >= 15 is 0 Å². The van der Waals surface area contributed by atoms with Gasteiger partial charge in [0.05, 0.1) is 10.7 Å². The number of anilines is 1. The molecule has 0 aliphatic rings. The second kappa shape index (κ2) is 8.73. The van der Waals surface area contributed by atoms with Gasteiger partial charge in [-0.25, -0.2) is 4.79 Å². The molecule has 4 heteroatoms. The summed E-state index contributed by atoms with van der Waals surface area (Å²) in [4.78, 5) is 12.8. The summed E-state index contributed by atoms with van der Waals surface area (Å²) in [5.74, 6) is -0.960. The Kier molecular flexibility index (Phi) is 7.30. The number of unbranched alkanes of at least 4 members (excludes halogenated alkanes) is 2. The minimum Gasteiger partial charge on any atom is -0.478 e. The van der Waals surface area contributed by atoms with Gasteiger partial charge in [0.25, 0.3) is 0 Å². The maximum atomic E-state index is 10.5. The fraction of sp³-hybridized carbons (Fsp3) is 0.471. The van der Waals surface area contributed by atoms with Gasteiger partial charge >= 0.3 is 5.97 Å². The molecule has 3 nitrogen and oxygen atoms in total. The van der Waals surface area contributed by atoms with E-state index in [1.807, 2.05) is 18.2 Å². The van der Waals surface area contributed by atoms with Crippen LogP contribution in [0.4, 0.5) is 5.69 Å². The molecule has 0 atom stereocenters. The van der Waals surface area contributed by atoms with Gasteiger partial charge in [0.15, 0.2) is 0 Å². The van der Waals surface area contributed by atoms with Crippen molar-refractivity contribution in [1.82, 2.24) is 0 Å². The molecule has 0 aliphatic carbocycles. The lowest BCUT2D eigenvalue weighted by Gasteiger charge is -2.30. The molecule has 0 unspecified atom stereocenters. The fourth-order valence-corrected chi connectivity index (χ4v) is 2.51. The zero-order valence-electron chi connectivity index (χ0n) is 13.0. The van der Waals surface area contributed by atoms with Crippen LogP contribution in [0.3, 0.4) is 0 Å². The van der Waals surface area contributed by atoms with Crippen LogP contribution in [-0.2, 0) is 4.79 Å². The van der Waals surface area contributed by atoms with Gasteiger partial charge in [-0.15, -0.1) is 0 Å². The average molecular weight is 310 g/mol. The highest BCUT2D eigenvalue weighted by atomic mass is 35.5. The molecule has 0 bridgehead atoms. The fourth-order valence-electron chi connectivity index (χ4n) is 2.22. The third-order valence-corrected chi connectivity index (χ3v) is 3.63. The molecule has 1 N–H and O–H groups in total. The number of benzene rings is 1. The molecule has 0 amide bonds. The van der Waals surface area contributed by atoms with Gasteiger partial charge in [-0.2, -0.15) is 0 Å². The van der Waals surface area contributed by atoms with E-state index < -0.39 is 5.97 Å². The lowest BCUT2D eigenvalue weighted by molar-refractivity contribution is -0.131. The quantitative estimate of drug-likeness (QED) is 0.551. The lowest BCUT2D eigenvalue weighted by atomic mass is 10.1. The normalized spacial score (nSPS) is 11.3. The van der Waals surface area contributed by atoms with Gasteiger partial charge in [-0.3, -0.25) is 0 Å². The standard InChI is InChI=1S/C17H24ClNO2/c1-4-5-6-11-19(13(2)3)16-9-7-14(12-15(16)18)8-10-17(20)21/h7-10,12-13H,4-6,11H2,1-3H3,(H,20,21)/b10-8+. The molecule has 0 aliphatic heterocycles. The Balaban J connectivity index is 2.91. The largest absolute Gasteiger partial charge is 0.478 e. The van der Waals surface area contributed by atoms with E-state index in [4.69, 9.17) is 16.7 Å². The number of hydrogen-bond acceptors (Lipinski definition) is 2. The molecule has 0 fully saturated rings. The Morgan fingerprint density at radius 2 is 2.10 bits per heavy atom. The van der Waals surface area contributed by atoms with E-state index in [2.05, 4.69) is 25.7 Å². The molecule has 0 saturated carbocycles. The van der Waals surface area contributed by atoms with E-state index in [1.165, 1.54) is 12.8 Å². The Morgan fingerprint density at radius 3 is 2.62 bits per heavy atom. The van der Waals surface area contributed by atoms with Crippen molar-refractivity contribution >= 4 is 29.3 Å². The van der Waals surface area contributed by atoms with Crippen LogP contribution in [0.25, 0.3) is 6.08 Å². The number of hydrogen-bond donors (Lipinski definition) is 1. The second-order valence-electron chi connectivity index (χ2n) is 5.38. The number of carboxylic acid groups (broad SMARTS) is 1. The van der Waals surface area contributed by atoms with Crippen molar-refractivity contribution in [2.24, 2.45) is 0 Å². The average Bonchev–Trinajstić information content (AvgIpc) is 2.42. The van der Waals surface area contributed by atoms with Crippen molar-refractivity contribution in [3.63, 3.8) is 0 Å². The molecular formula is C17H24ClNO2. The zero-order valence-corrected chi connectivity index (χ0v) is 13.7. The molecular weight excluding hydrogens is 286 g/mol. The molecule has 21 heavy (non-hydrogen) atoms.